The van der Waals surface area contributed by atoms with E-state index in [1.54, 1.807) is 4.90 Å². The van der Waals surface area contributed by atoms with E-state index in [4.69, 9.17) is 11.6 Å². The normalized spacial score (nSPS) is 17.2. The molecule has 2 heterocycles. The Labute approximate surface area is 123 Å². The van der Waals surface area contributed by atoms with Crippen molar-refractivity contribution in [2.75, 3.05) is 13.1 Å². The number of halogens is 1. The van der Waals surface area contributed by atoms with Crippen LogP contribution in [0, 0.1) is 0 Å². The maximum absolute atomic E-state index is 12.2. The van der Waals surface area contributed by atoms with E-state index in [1.807, 2.05) is 0 Å². The molecule has 1 aromatic heterocycles. The summed E-state index contributed by atoms with van der Waals surface area (Å²) in [5.41, 5.74) is 0. The molecule has 0 atom stereocenters. The van der Waals surface area contributed by atoms with Crippen molar-refractivity contribution in [1.82, 2.24) is 14.6 Å². The molecule has 2 rings (SSSR count). The quantitative estimate of drug-likeness (QED) is 0.903. The molecule has 1 N–H and O–H groups in total. The number of piperidine rings is 1. The summed E-state index contributed by atoms with van der Waals surface area (Å²) in [6, 6.07) is 1.25. The van der Waals surface area contributed by atoms with Gasteiger partial charge in [-0.25, -0.2) is 13.1 Å². The molecule has 0 aromatic carbocycles. The molecule has 0 aliphatic carbocycles. The first-order valence-electron chi connectivity index (χ1n) is 6.27. The summed E-state index contributed by atoms with van der Waals surface area (Å²) in [7, 11) is -3.68. The molecule has 20 heavy (non-hydrogen) atoms. The highest BCUT2D eigenvalue weighted by molar-refractivity contribution is 7.89. The molecule has 0 unspecified atom stereocenters. The smallest absolute Gasteiger partial charge is 0.243 e. The predicted molar refractivity (Wildman–Crippen MR) is 74.8 cm³/mol. The Balaban J connectivity index is 2.04. The molecular weight excluding hydrogens is 302 g/mol. The zero-order chi connectivity index (χ0) is 14.8. The number of hydrogen-bond donors (Lipinski definition) is 1. The minimum Gasteiger partial charge on any atom is -0.343 e. The Hall–Kier alpha value is -1.18. The topological polar surface area (TPSA) is 79.4 Å². The van der Waals surface area contributed by atoms with Gasteiger partial charge < -0.3 is 4.90 Å². The van der Waals surface area contributed by atoms with Gasteiger partial charge in [-0.15, -0.1) is 0 Å². The average Bonchev–Trinajstić information content (AvgIpc) is 2.39. The standard InChI is InChI=1S/C12H16ClN3O3S/c1-9(17)16-6-3-10(4-7-16)15-20(18,19)12-8-14-5-2-11(12)13/h2,5,8,10,15H,3-4,6-7H2,1H3. The van der Waals surface area contributed by atoms with Gasteiger partial charge in [0, 0.05) is 38.4 Å². The molecule has 6 nitrogen and oxygen atoms in total. The van der Waals surface area contributed by atoms with Crippen molar-refractivity contribution >= 4 is 27.5 Å². The molecular formula is C12H16ClN3O3S. The van der Waals surface area contributed by atoms with Gasteiger partial charge in [0.25, 0.3) is 0 Å². The van der Waals surface area contributed by atoms with E-state index in [0.717, 1.165) is 0 Å². The van der Waals surface area contributed by atoms with Crippen LogP contribution in [0.5, 0.6) is 0 Å². The fourth-order valence-electron chi connectivity index (χ4n) is 2.16. The number of rotatable bonds is 3. The van der Waals surface area contributed by atoms with Crippen molar-refractivity contribution in [3.05, 3.63) is 23.5 Å². The molecule has 0 bridgehead atoms. The summed E-state index contributed by atoms with van der Waals surface area (Å²) < 4.78 is 27.1. The van der Waals surface area contributed by atoms with Crippen molar-refractivity contribution < 1.29 is 13.2 Å². The minimum atomic E-state index is -3.68. The second-order valence-corrected chi connectivity index (χ2v) is 6.80. The van der Waals surface area contributed by atoms with Crippen LogP contribution in [0.25, 0.3) is 0 Å². The SMILES string of the molecule is CC(=O)N1CCC(NS(=O)(=O)c2cnccc2Cl)CC1. The summed E-state index contributed by atoms with van der Waals surface area (Å²) in [5, 5.41) is 0.147. The summed E-state index contributed by atoms with van der Waals surface area (Å²) in [6.45, 7) is 2.63. The fraction of sp³-hybridized carbons (Fsp3) is 0.500. The van der Waals surface area contributed by atoms with Gasteiger partial charge in [-0.3, -0.25) is 9.78 Å². The average molecular weight is 318 g/mol. The van der Waals surface area contributed by atoms with Gasteiger partial charge in [0.05, 0.1) is 5.02 Å². The zero-order valence-corrected chi connectivity index (χ0v) is 12.6. The number of aromatic nitrogens is 1. The predicted octanol–water partition coefficient (Wildman–Crippen LogP) is 1.02. The van der Waals surface area contributed by atoms with Gasteiger partial charge in [-0.05, 0) is 18.9 Å². The van der Waals surface area contributed by atoms with Crippen LogP contribution >= 0.6 is 11.6 Å². The number of nitrogens with one attached hydrogen (secondary N) is 1. The van der Waals surface area contributed by atoms with E-state index in [0.29, 0.717) is 25.9 Å². The number of carbonyl (C=O) groups excluding carboxylic acids is 1. The highest BCUT2D eigenvalue weighted by atomic mass is 35.5. The van der Waals surface area contributed by atoms with Crippen LogP contribution in [0.3, 0.4) is 0 Å². The first kappa shape index (κ1) is 15.2. The number of likely N-dealkylation sites (tertiary alicyclic amines) is 1. The van der Waals surface area contributed by atoms with Crippen molar-refractivity contribution in [3.8, 4) is 0 Å². The number of amides is 1. The third kappa shape index (κ3) is 3.47. The molecule has 1 aliphatic heterocycles. The Kier molecular flexibility index (Phi) is 4.62. The lowest BCUT2D eigenvalue weighted by Gasteiger charge is -2.31. The van der Waals surface area contributed by atoms with Crippen molar-refractivity contribution in [2.45, 2.75) is 30.7 Å². The third-order valence-electron chi connectivity index (χ3n) is 3.29. The first-order chi connectivity index (χ1) is 9.40. The number of carbonyl (C=O) groups is 1. The lowest BCUT2D eigenvalue weighted by Crippen LogP contribution is -2.45. The lowest BCUT2D eigenvalue weighted by atomic mass is 10.1. The second kappa shape index (κ2) is 6.07. The number of nitrogens with zero attached hydrogens (tertiary/aromatic N) is 2. The molecule has 110 valence electrons. The molecule has 8 heteroatoms. The minimum absolute atomic E-state index is 0.0154. The Morgan fingerprint density at radius 3 is 2.65 bits per heavy atom. The summed E-state index contributed by atoms with van der Waals surface area (Å²) in [4.78, 5) is 16.7. The van der Waals surface area contributed by atoms with Gasteiger partial charge in [-0.1, -0.05) is 11.6 Å². The number of sulfonamides is 1. The highest BCUT2D eigenvalue weighted by Gasteiger charge is 2.26. The van der Waals surface area contributed by atoms with Crippen molar-refractivity contribution in [3.63, 3.8) is 0 Å². The maximum atomic E-state index is 12.2. The molecule has 1 fully saturated rings. The Morgan fingerprint density at radius 1 is 1.45 bits per heavy atom. The molecule has 1 saturated heterocycles. The number of pyridine rings is 1. The number of hydrogen-bond acceptors (Lipinski definition) is 4. The van der Waals surface area contributed by atoms with E-state index in [9.17, 15) is 13.2 Å². The van der Waals surface area contributed by atoms with Crippen LogP contribution in [-0.2, 0) is 14.8 Å². The lowest BCUT2D eigenvalue weighted by molar-refractivity contribution is -0.129. The Morgan fingerprint density at radius 2 is 2.10 bits per heavy atom. The highest BCUT2D eigenvalue weighted by Crippen LogP contribution is 2.21. The molecule has 0 spiro atoms. The summed E-state index contributed by atoms with van der Waals surface area (Å²) in [5.74, 6) is 0.0154. The second-order valence-electron chi connectivity index (χ2n) is 4.71. The van der Waals surface area contributed by atoms with Gasteiger partial charge in [0.1, 0.15) is 4.90 Å². The van der Waals surface area contributed by atoms with E-state index >= 15 is 0 Å². The van der Waals surface area contributed by atoms with Crippen LogP contribution in [0.2, 0.25) is 5.02 Å². The van der Waals surface area contributed by atoms with Crippen molar-refractivity contribution in [2.24, 2.45) is 0 Å². The van der Waals surface area contributed by atoms with Crippen LogP contribution < -0.4 is 4.72 Å². The zero-order valence-electron chi connectivity index (χ0n) is 11.0. The van der Waals surface area contributed by atoms with E-state index < -0.39 is 10.0 Å². The van der Waals surface area contributed by atoms with Crippen molar-refractivity contribution in [1.29, 1.82) is 0 Å². The monoisotopic (exact) mass is 317 g/mol. The maximum Gasteiger partial charge on any atom is 0.243 e. The fourth-order valence-corrected chi connectivity index (χ4v) is 3.89. The van der Waals surface area contributed by atoms with E-state index in [-0.39, 0.29) is 21.9 Å². The Bertz CT molecular complexity index is 598. The molecule has 0 saturated carbocycles. The molecule has 1 aliphatic rings. The molecule has 0 radical (unpaired) electrons. The van der Waals surface area contributed by atoms with Gasteiger partial charge >= 0.3 is 0 Å². The third-order valence-corrected chi connectivity index (χ3v) is 5.28. The van der Waals surface area contributed by atoms with Gasteiger partial charge in [0.2, 0.25) is 15.9 Å². The summed E-state index contributed by atoms with van der Waals surface area (Å²) >= 11 is 5.88. The molecule has 1 amide bonds. The van der Waals surface area contributed by atoms with Crippen LogP contribution in [-0.4, -0.2) is 43.3 Å². The molecule has 1 aromatic rings. The van der Waals surface area contributed by atoms with E-state index in [2.05, 4.69) is 9.71 Å². The van der Waals surface area contributed by atoms with Crippen LogP contribution in [0.1, 0.15) is 19.8 Å². The van der Waals surface area contributed by atoms with Crippen LogP contribution in [0.4, 0.5) is 0 Å². The van der Waals surface area contributed by atoms with Crippen LogP contribution in [0.15, 0.2) is 23.4 Å². The van der Waals surface area contributed by atoms with Gasteiger partial charge in [-0.2, -0.15) is 0 Å². The first-order valence-corrected chi connectivity index (χ1v) is 8.13. The largest absolute Gasteiger partial charge is 0.343 e. The van der Waals surface area contributed by atoms with Gasteiger partial charge in [0.15, 0.2) is 0 Å². The van der Waals surface area contributed by atoms with E-state index in [1.165, 1.54) is 25.4 Å². The summed E-state index contributed by atoms with van der Waals surface area (Å²) in [6.07, 6.45) is 3.86.